The Hall–Kier alpha value is -1.93. The van der Waals surface area contributed by atoms with E-state index in [0.717, 1.165) is 0 Å². The van der Waals surface area contributed by atoms with Gasteiger partial charge in [0.05, 0.1) is 18.4 Å². The van der Waals surface area contributed by atoms with Crippen LogP contribution in [0, 0.1) is 12.8 Å². The van der Waals surface area contributed by atoms with E-state index in [-0.39, 0.29) is 24.0 Å². The molecule has 1 fully saturated rings. The fourth-order valence-corrected chi connectivity index (χ4v) is 3.51. The average Bonchev–Trinajstić information content (AvgIpc) is 2.76. The van der Waals surface area contributed by atoms with Crippen molar-refractivity contribution in [3.8, 4) is 0 Å². The first-order valence-electron chi connectivity index (χ1n) is 6.71. The van der Waals surface area contributed by atoms with Crippen molar-refractivity contribution in [2.75, 3.05) is 24.3 Å². The Balaban J connectivity index is 2.20. The number of primary sulfonamides is 1. The summed E-state index contributed by atoms with van der Waals surface area (Å²) in [5, 5.41) is 5.03. The molecular weight excluding hydrogens is 308 g/mol. The van der Waals surface area contributed by atoms with Crippen LogP contribution in [-0.2, 0) is 19.6 Å². The molecule has 1 aliphatic rings. The third kappa shape index (κ3) is 3.63. The Morgan fingerprint density at radius 2 is 2.14 bits per heavy atom. The van der Waals surface area contributed by atoms with Gasteiger partial charge in [0.2, 0.25) is 15.9 Å². The van der Waals surface area contributed by atoms with Crippen LogP contribution >= 0.6 is 0 Å². The Bertz CT molecular complexity index is 714. The van der Waals surface area contributed by atoms with E-state index in [1.54, 1.807) is 25.1 Å². The first-order chi connectivity index (χ1) is 10.2. The summed E-state index contributed by atoms with van der Waals surface area (Å²) in [5.41, 5.74) is 1.75. The van der Waals surface area contributed by atoms with Crippen molar-refractivity contribution in [1.82, 2.24) is 0 Å². The number of amides is 1. The molecule has 1 atom stereocenters. The van der Waals surface area contributed by atoms with Crippen molar-refractivity contribution in [2.24, 2.45) is 11.1 Å². The van der Waals surface area contributed by atoms with Crippen LogP contribution in [0.4, 0.5) is 5.69 Å². The summed E-state index contributed by atoms with van der Waals surface area (Å²) >= 11 is 0. The number of esters is 1. The highest BCUT2D eigenvalue weighted by molar-refractivity contribution is 7.89. The Kier molecular flexibility index (Phi) is 4.52. The molecule has 1 aromatic carbocycles. The topological polar surface area (TPSA) is 107 Å². The lowest BCUT2D eigenvalue weighted by Crippen LogP contribution is -2.27. The van der Waals surface area contributed by atoms with Gasteiger partial charge in [-0.2, -0.15) is 0 Å². The summed E-state index contributed by atoms with van der Waals surface area (Å²) in [6, 6.07) is 4.96. The quantitative estimate of drug-likeness (QED) is 0.807. The summed E-state index contributed by atoms with van der Waals surface area (Å²) in [6.07, 6.45) is 0.147. The number of hydrogen-bond donors (Lipinski definition) is 1. The van der Waals surface area contributed by atoms with Gasteiger partial charge in [0.25, 0.3) is 0 Å². The van der Waals surface area contributed by atoms with Gasteiger partial charge >= 0.3 is 5.97 Å². The molecule has 0 saturated carbocycles. The zero-order chi connectivity index (χ0) is 16.5. The fourth-order valence-electron chi connectivity index (χ4n) is 2.63. The number of nitrogens with zero attached hydrogens (tertiary/aromatic N) is 1. The van der Waals surface area contributed by atoms with Crippen LogP contribution in [0.1, 0.15) is 22.3 Å². The number of methoxy groups -OCH3 is 1. The molecule has 1 aliphatic heterocycles. The molecule has 1 saturated heterocycles. The molecule has 1 amide bonds. The average molecular weight is 326 g/mol. The van der Waals surface area contributed by atoms with E-state index >= 15 is 0 Å². The number of rotatable bonds is 4. The molecule has 1 heterocycles. The molecule has 0 spiro atoms. The maximum absolute atomic E-state index is 12.1. The lowest BCUT2D eigenvalue weighted by molar-refractivity contribution is -0.117. The van der Waals surface area contributed by atoms with Crippen LogP contribution in [0.3, 0.4) is 0 Å². The van der Waals surface area contributed by atoms with E-state index in [4.69, 9.17) is 5.14 Å². The van der Waals surface area contributed by atoms with Crippen LogP contribution in [0.15, 0.2) is 18.2 Å². The number of carbonyl (C=O) groups excluding carboxylic acids is 2. The summed E-state index contributed by atoms with van der Waals surface area (Å²) in [4.78, 5) is 25.1. The van der Waals surface area contributed by atoms with Gasteiger partial charge in [-0.15, -0.1) is 0 Å². The standard InChI is InChI=1S/C14H18N2O5S/c1-9-5-11(3-4-12(9)14(18)21-2)16-7-10(6-13(16)17)8-22(15,19)20/h3-5,10H,6-8H2,1-2H3,(H2,15,19,20). The largest absolute Gasteiger partial charge is 0.465 e. The lowest BCUT2D eigenvalue weighted by atomic mass is 10.1. The summed E-state index contributed by atoms with van der Waals surface area (Å²) in [5.74, 6) is -1.13. The molecule has 8 heteroatoms. The number of anilines is 1. The van der Waals surface area contributed by atoms with Gasteiger partial charge in [0.15, 0.2) is 0 Å². The maximum atomic E-state index is 12.1. The highest BCUT2D eigenvalue weighted by Gasteiger charge is 2.33. The third-order valence-corrected chi connectivity index (χ3v) is 4.54. The lowest BCUT2D eigenvalue weighted by Gasteiger charge is -2.18. The molecule has 0 radical (unpaired) electrons. The first kappa shape index (κ1) is 16.4. The van der Waals surface area contributed by atoms with Gasteiger partial charge in [0, 0.05) is 24.6 Å². The number of hydrogen-bond acceptors (Lipinski definition) is 5. The SMILES string of the molecule is COC(=O)c1ccc(N2CC(CS(N)(=O)=O)CC2=O)cc1C. The monoisotopic (exact) mass is 326 g/mol. The Morgan fingerprint density at radius 3 is 2.68 bits per heavy atom. The second kappa shape index (κ2) is 6.05. The van der Waals surface area contributed by atoms with Gasteiger partial charge in [-0.25, -0.2) is 18.4 Å². The Labute approximate surface area is 129 Å². The summed E-state index contributed by atoms with van der Waals surface area (Å²) < 4.78 is 27.0. The van der Waals surface area contributed by atoms with E-state index in [2.05, 4.69) is 4.74 Å². The highest BCUT2D eigenvalue weighted by Crippen LogP contribution is 2.27. The van der Waals surface area contributed by atoms with E-state index in [1.807, 2.05) is 0 Å². The zero-order valence-corrected chi connectivity index (χ0v) is 13.2. The van der Waals surface area contributed by atoms with Crippen molar-refractivity contribution in [3.63, 3.8) is 0 Å². The molecule has 0 bridgehead atoms. The molecule has 7 nitrogen and oxygen atoms in total. The van der Waals surface area contributed by atoms with Gasteiger partial charge in [-0.05, 0) is 30.7 Å². The van der Waals surface area contributed by atoms with Crippen LogP contribution < -0.4 is 10.0 Å². The van der Waals surface area contributed by atoms with Crippen molar-refractivity contribution in [3.05, 3.63) is 29.3 Å². The minimum absolute atomic E-state index is 0.147. The van der Waals surface area contributed by atoms with Gasteiger partial charge in [-0.1, -0.05) is 0 Å². The summed E-state index contributed by atoms with van der Waals surface area (Å²) in [6.45, 7) is 2.05. The number of carbonyl (C=O) groups is 2. The van der Waals surface area contributed by atoms with Gasteiger partial charge in [-0.3, -0.25) is 4.79 Å². The predicted octanol–water partition coefficient (Wildman–Crippen LogP) is 0.423. The Morgan fingerprint density at radius 1 is 1.45 bits per heavy atom. The van der Waals surface area contributed by atoms with Crippen molar-refractivity contribution < 1.29 is 22.7 Å². The third-order valence-electron chi connectivity index (χ3n) is 3.60. The van der Waals surface area contributed by atoms with Crippen molar-refractivity contribution in [1.29, 1.82) is 0 Å². The van der Waals surface area contributed by atoms with Crippen molar-refractivity contribution in [2.45, 2.75) is 13.3 Å². The molecule has 120 valence electrons. The van der Waals surface area contributed by atoms with Crippen LogP contribution in [0.2, 0.25) is 0 Å². The summed E-state index contributed by atoms with van der Waals surface area (Å²) in [7, 11) is -2.30. The normalized spacial score (nSPS) is 18.6. The van der Waals surface area contributed by atoms with E-state index in [1.165, 1.54) is 12.0 Å². The molecule has 0 aliphatic carbocycles. The first-order valence-corrected chi connectivity index (χ1v) is 8.42. The molecule has 2 rings (SSSR count). The number of nitrogens with two attached hydrogens (primary N) is 1. The van der Waals surface area contributed by atoms with E-state index < -0.39 is 16.0 Å². The number of benzene rings is 1. The van der Waals surface area contributed by atoms with Crippen LogP contribution in [-0.4, -0.2) is 39.7 Å². The maximum Gasteiger partial charge on any atom is 0.338 e. The smallest absolute Gasteiger partial charge is 0.338 e. The minimum Gasteiger partial charge on any atom is -0.465 e. The van der Waals surface area contributed by atoms with E-state index in [0.29, 0.717) is 23.4 Å². The second-order valence-electron chi connectivity index (χ2n) is 5.39. The fraction of sp³-hybridized carbons (Fsp3) is 0.429. The minimum atomic E-state index is -3.61. The molecule has 22 heavy (non-hydrogen) atoms. The molecular formula is C14H18N2O5S. The second-order valence-corrected chi connectivity index (χ2v) is 7.05. The molecule has 1 unspecified atom stereocenters. The van der Waals surface area contributed by atoms with Gasteiger partial charge in [0.1, 0.15) is 0 Å². The van der Waals surface area contributed by atoms with E-state index in [9.17, 15) is 18.0 Å². The molecule has 0 aromatic heterocycles. The molecule has 2 N–H and O–H groups in total. The predicted molar refractivity (Wildman–Crippen MR) is 81.0 cm³/mol. The van der Waals surface area contributed by atoms with Crippen molar-refractivity contribution >= 4 is 27.6 Å². The van der Waals surface area contributed by atoms with Crippen LogP contribution in [0.5, 0.6) is 0 Å². The zero-order valence-electron chi connectivity index (χ0n) is 12.4. The number of ether oxygens (including phenoxy) is 1. The number of sulfonamides is 1. The van der Waals surface area contributed by atoms with Crippen LogP contribution in [0.25, 0.3) is 0 Å². The molecule has 1 aromatic rings. The van der Waals surface area contributed by atoms with Gasteiger partial charge < -0.3 is 9.64 Å². The highest BCUT2D eigenvalue weighted by atomic mass is 32.2. The number of aryl methyl sites for hydroxylation is 1.